The van der Waals surface area contributed by atoms with Crippen molar-refractivity contribution in [3.05, 3.63) is 39.8 Å². The maximum atomic E-state index is 6.01. The fourth-order valence-corrected chi connectivity index (χ4v) is 1.87. The Bertz CT molecular complexity index is 382. The number of benzene rings is 1. The summed E-state index contributed by atoms with van der Waals surface area (Å²) in [6, 6.07) is 5.59. The smallest absolute Gasteiger partial charge is 0.121 e. The van der Waals surface area contributed by atoms with Gasteiger partial charge in [0.05, 0.1) is 5.02 Å². The summed E-state index contributed by atoms with van der Waals surface area (Å²) >= 11 is 9.36. The van der Waals surface area contributed by atoms with Crippen molar-refractivity contribution < 1.29 is 4.74 Å². The minimum absolute atomic E-state index is 0.0563. The summed E-state index contributed by atoms with van der Waals surface area (Å²) < 4.78 is 6.72. The molecule has 94 valence electrons. The first-order valence-electron chi connectivity index (χ1n) is 5.62. The minimum atomic E-state index is 0.0563. The second kappa shape index (κ2) is 7.75. The van der Waals surface area contributed by atoms with Crippen molar-refractivity contribution in [2.45, 2.75) is 25.9 Å². The molecule has 0 radical (unpaired) electrons. The number of ether oxygens (including phenoxy) is 1. The molecule has 1 atom stereocenters. The van der Waals surface area contributed by atoms with Crippen LogP contribution < -0.4 is 10.5 Å². The number of hydrogen-bond acceptors (Lipinski definition) is 2. The van der Waals surface area contributed by atoms with E-state index in [0.717, 1.165) is 23.1 Å². The Morgan fingerprint density at radius 1 is 1.53 bits per heavy atom. The molecule has 1 rings (SSSR count). The predicted molar refractivity (Wildman–Crippen MR) is 76.7 cm³/mol. The van der Waals surface area contributed by atoms with E-state index < -0.39 is 0 Å². The molecule has 1 aromatic carbocycles. The predicted octanol–water partition coefficient (Wildman–Crippen LogP) is 4.16. The quantitative estimate of drug-likeness (QED) is 0.799. The molecule has 2 nitrogen and oxygen atoms in total. The second-order valence-electron chi connectivity index (χ2n) is 3.69. The van der Waals surface area contributed by atoms with E-state index in [0.29, 0.717) is 11.6 Å². The Labute approximate surface area is 116 Å². The van der Waals surface area contributed by atoms with Crippen molar-refractivity contribution in [3.63, 3.8) is 0 Å². The van der Waals surface area contributed by atoms with E-state index in [1.165, 1.54) is 0 Å². The minimum Gasteiger partial charge on any atom is -0.486 e. The lowest BCUT2D eigenvalue weighted by atomic mass is 10.2. The average molecular weight is 319 g/mol. The molecule has 0 amide bonds. The van der Waals surface area contributed by atoms with Crippen molar-refractivity contribution in [1.82, 2.24) is 0 Å². The molecule has 17 heavy (non-hydrogen) atoms. The van der Waals surface area contributed by atoms with Gasteiger partial charge in [0.2, 0.25) is 0 Å². The van der Waals surface area contributed by atoms with Crippen LogP contribution in [0.5, 0.6) is 5.75 Å². The van der Waals surface area contributed by atoms with E-state index in [-0.39, 0.29) is 6.10 Å². The van der Waals surface area contributed by atoms with Gasteiger partial charge in [-0.15, -0.1) is 0 Å². The maximum absolute atomic E-state index is 6.01. The maximum Gasteiger partial charge on any atom is 0.121 e. The molecular weight excluding hydrogens is 302 g/mol. The van der Waals surface area contributed by atoms with Gasteiger partial charge in [-0.2, -0.15) is 0 Å². The first-order valence-corrected chi connectivity index (χ1v) is 6.79. The average Bonchev–Trinajstić information content (AvgIpc) is 2.31. The Balaban J connectivity index is 2.67. The third-order valence-corrected chi connectivity index (χ3v) is 3.51. The van der Waals surface area contributed by atoms with Gasteiger partial charge in [-0.25, -0.2) is 0 Å². The molecule has 0 aliphatic heterocycles. The summed E-state index contributed by atoms with van der Waals surface area (Å²) in [5.41, 5.74) is 5.50. The number of rotatable bonds is 6. The summed E-state index contributed by atoms with van der Waals surface area (Å²) in [6.07, 6.45) is 5.93. The molecule has 1 unspecified atom stereocenters. The van der Waals surface area contributed by atoms with Crippen LogP contribution in [0.3, 0.4) is 0 Å². The highest BCUT2D eigenvalue weighted by molar-refractivity contribution is 9.10. The van der Waals surface area contributed by atoms with Crippen LogP contribution in [0.25, 0.3) is 0 Å². The molecule has 0 bridgehead atoms. The summed E-state index contributed by atoms with van der Waals surface area (Å²) in [5.74, 6) is 0.776. The normalized spacial score (nSPS) is 12.9. The Morgan fingerprint density at radius 2 is 2.29 bits per heavy atom. The topological polar surface area (TPSA) is 35.2 Å². The molecular formula is C13H17BrClNO. The number of nitrogens with two attached hydrogens (primary N) is 1. The van der Waals surface area contributed by atoms with Crippen molar-refractivity contribution >= 4 is 27.5 Å². The molecule has 4 heteroatoms. The lowest BCUT2D eigenvalue weighted by molar-refractivity contribution is 0.236. The zero-order valence-corrected chi connectivity index (χ0v) is 12.2. The van der Waals surface area contributed by atoms with Gasteiger partial charge in [0.15, 0.2) is 0 Å². The van der Waals surface area contributed by atoms with Gasteiger partial charge in [0.25, 0.3) is 0 Å². The highest BCUT2D eigenvalue weighted by Crippen LogP contribution is 2.27. The second-order valence-corrected chi connectivity index (χ2v) is 4.95. The van der Waals surface area contributed by atoms with Crippen LogP contribution in [0.4, 0.5) is 0 Å². The van der Waals surface area contributed by atoms with Gasteiger partial charge < -0.3 is 10.5 Å². The highest BCUT2D eigenvalue weighted by Gasteiger charge is 2.07. The highest BCUT2D eigenvalue weighted by atomic mass is 79.9. The van der Waals surface area contributed by atoms with E-state index >= 15 is 0 Å². The van der Waals surface area contributed by atoms with Crippen molar-refractivity contribution in [2.75, 3.05) is 6.54 Å². The molecule has 0 aromatic heterocycles. The lowest BCUT2D eigenvalue weighted by Gasteiger charge is -2.15. The summed E-state index contributed by atoms with van der Waals surface area (Å²) in [5, 5.41) is 0.653. The molecule has 0 aliphatic rings. The van der Waals surface area contributed by atoms with Crippen LogP contribution in [0.1, 0.15) is 19.8 Å². The van der Waals surface area contributed by atoms with Gasteiger partial charge in [-0.3, -0.25) is 0 Å². The Hall–Kier alpha value is -0.510. The SMILES string of the molecule is C/C=C/C(CCCN)Oc1ccc(Br)c(Cl)c1. The summed E-state index contributed by atoms with van der Waals surface area (Å²) in [7, 11) is 0. The van der Waals surface area contributed by atoms with Gasteiger partial charge in [-0.1, -0.05) is 17.7 Å². The van der Waals surface area contributed by atoms with Crippen LogP contribution in [0.2, 0.25) is 5.02 Å². The van der Waals surface area contributed by atoms with Crippen LogP contribution in [-0.4, -0.2) is 12.6 Å². The molecule has 0 spiro atoms. The Kier molecular flexibility index (Phi) is 6.63. The van der Waals surface area contributed by atoms with E-state index in [9.17, 15) is 0 Å². The first kappa shape index (κ1) is 14.6. The standard InChI is InChI=1S/C13H17BrClNO/c1-2-4-10(5-3-8-16)17-11-6-7-12(14)13(15)9-11/h2,4,6-7,9-10H,3,5,8,16H2,1H3/b4-2+. The van der Waals surface area contributed by atoms with Crippen molar-refractivity contribution in [3.8, 4) is 5.75 Å². The third kappa shape index (κ3) is 5.11. The van der Waals surface area contributed by atoms with E-state index in [2.05, 4.69) is 15.9 Å². The van der Waals surface area contributed by atoms with Gasteiger partial charge >= 0.3 is 0 Å². The molecule has 0 saturated carbocycles. The summed E-state index contributed by atoms with van der Waals surface area (Å²) in [6.45, 7) is 2.66. The van der Waals surface area contributed by atoms with Crippen LogP contribution in [0, 0.1) is 0 Å². The largest absolute Gasteiger partial charge is 0.486 e. The Morgan fingerprint density at radius 3 is 2.88 bits per heavy atom. The van der Waals surface area contributed by atoms with Crippen molar-refractivity contribution in [1.29, 1.82) is 0 Å². The monoisotopic (exact) mass is 317 g/mol. The van der Waals surface area contributed by atoms with Crippen LogP contribution >= 0.6 is 27.5 Å². The molecule has 0 heterocycles. The number of halogens is 2. The fraction of sp³-hybridized carbons (Fsp3) is 0.385. The van der Waals surface area contributed by atoms with E-state index in [4.69, 9.17) is 22.1 Å². The van der Waals surface area contributed by atoms with Gasteiger partial charge in [-0.05, 0) is 66.5 Å². The molecule has 0 fully saturated rings. The first-order chi connectivity index (χ1) is 8.17. The molecule has 0 saturated heterocycles. The third-order valence-electron chi connectivity index (χ3n) is 2.28. The van der Waals surface area contributed by atoms with Gasteiger partial charge in [0, 0.05) is 4.47 Å². The molecule has 1 aromatic rings. The number of hydrogen-bond donors (Lipinski definition) is 1. The van der Waals surface area contributed by atoms with Crippen LogP contribution in [0.15, 0.2) is 34.8 Å². The zero-order chi connectivity index (χ0) is 12.7. The zero-order valence-electron chi connectivity index (χ0n) is 9.83. The lowest BCUT2D eigenvalue weighted by Crippen LogP contribution is -2.15. The van der Waals surface area contributed by atoms with E-state index in [1.54, 1.807) is 0 Å². The van der Waals surface area contributed by atoms with Crippen molar-refractivity contribution in [2.24, 2.45) is 5.73 Å². The fourth-order valence-electron chi connectivity index (χ4n) is 1.45. The van der Waals surface area contributed by atoms with Crippen LogP contribution in [-0.2, 0) is 0 Å². The van der Waals surface area contributed by atoms with Gasteiger partial charge in [0.1, 0.15) is 11.9 Å². The number of allylic oxidation sites excluding steroid dienone is 1. The van der Waals surface area contributed by atoms with E-state index in [1.807, 2.05) is 37.3 Å². The molecule has 0 aliphatic carbocycles. The molecule has 2 N–H and O–H groups in total. The summed E-state index contributed by atoms with van der Waals surface area (Å²) in [4.78, 5) is 0.